The van der Waals surface area contributed by atoms with Crippen LogP contribution in [0.5, 0.6) is 0 Å². The molecule has 4 fully saturated rings. The molecule has 1 spiro atoms. The first-order chi connectivity index (χ1) is 21.4. The number of Topliss-reactive ketones (excluding diaryl/α,β-unsaturated/α-hetero) is 1. The van der Waals surface area contributed by atoms with Crippen molar-refractivity contribution in [1.82, 2.24) is 5.32 Å². The summed E-state index contributed by atoms with van der Waals surface area (Å²) < 4.78 is 28.3. The molecule has 2 heterocycles. The van der Waals surface area contributed by atoms with Crippen LogP contribution in [-0.2, 0) is 52.5 Å². The van der Waals surface area contributed by atoms with E-state index in [1.807, 2.05) is 0 Å². The van der Waals surface area contributed by atoms with E-state index in [1.54, 1.807) is 34.6 Å². The van der Waals surface area contributed by atoms with Gasteiger partial charge in [-0.05, 0) is 51.0 Å². The van der Waals surface area contributed by atoms with E-state index in [0.717, 1.165) is 7.11 Å². The Morgan fingerprint density at radius 1 is 1.13 bits per heavy atom. The van der Waals surface area contributed by atoms with Crippen molar-refractivity contribution in [3.63, 3.8) is 0 Å². The van der Waals surface area contributed by atoms with Gasteiger partial charge in [0.15, 0.2) is 11.5 Å². The first kappa shape index (κ1) is 33.7. The number of carbonyl (C=O) groups is 6. The van der Waals surface area contributed by atoms with Crippen molar-refractivity contribution in [3.05, 3.63) is 23.0 Å². The maximum absolute atomic E-state index is 13.7. The second-order valence-electron chi connectivity index (χ2n) is 13.8. The number of allylic oxidation sites excluding steroid dienone is 3. The Balaban J connectivity index is 1.60. The lowest BCUT2D eigenvalue weighted by Crippen LogP contribution is -2.79. The van der Waals surface area contributed by atoms with Gasteiger partial charge in [-0.15, -0.1) is 0 Å². The number of rotatable bonds is 7. The number of fused-ring (bicyclic) bond motifs is 2. The Morgan fingerprint density at radius 3 is 2.41 bits per heavy atom. The van der Waals surface area contributed by atoms with Crippen LogP contribution >= 0.6 is 0 Å². The number of esters is 4. The zero-order chi connectivity index (χ0) is 34.1. The highest BCUT2D eigenvalue weighted by Gasteiger charge is 2.85. The van der Waals surface area contributed by atoms with Gasteiger partial charge in [-0.1, -0.05) is 12.5 Å². The number of aliphatic hydroxyl groups is 2. The highest BCUT2D eigenvalue weighted by atomic mass is 16.6. The Kier molecular flexibility index (Phi) is 8.48. The predicted molar refractivity (Wildman–Crippen MR) is 154 cm³/mol. The van der Waals surface area contributed by atoms with Gasteiger partial charge in [-0.3, -0.25) is 14.4 Å². The highest BCUT2D eigenvalue weighted by Crippen LogP contribution is 2.72. The van der Waals surface area contributed by atoms with Crippen LogP contribution in [0.15, 0.2) is 23.0 Å². The Bertz CT molecular complexity index is 1450. The average Bonchev–Trinajstić information content (AvgIpc) is 3.25. The summed E-state index contributed by atoms with van der Waals surface area (Å²) in [4.78, 5) is 77.9. The largest absolute Gasteiger partial charge is 0.467 e. The maximum atomic E-state index is 13.7. The molecule has 5 rings (SSSR count). The molecule has 0 radical (unpaired) electrons. The third-order valence-electron chi connectivity index (χ3n) is 10.6. The molecule has 14 nitrogen and oxygen atoms in total. The second-order valence-corrected chi connectivity index (χ2v) is 13.8. The van der Waals surface area contributed by atoms with Crippen LogP contribution in [0.2, 0.25) is 0 Å². The van der Waals surface area contributed by atoms with E-state index in [4.69, 9.17) is 23.7 Å². The molecule has 14 heteroatoms. The lowest BCUT2D eigenvalue weighted by atomic mass is 9.38. The number of nitrogens with one attached hydrogen (secondary N) is 1. The minimum absolute atomic E-state index is 0.0930. The molecule has 11 atom stereocenters. The van der Waals surface area contributed by atoms with Gasteiger partial charge < -0.3 is 39.2 Å². The van der Waals surface area contributed by atoms with E-state index in [2.05, 4.69) is 5.32 Å². The fourth-order valence-electron chi connectivity index (χ4n) is 9.18. The molecule has 2 saturated heterocycles. The van der Waals surface area contributed by atoms with Crippen molar-refractivity contribution < 1.29 is 62.7 Å². The predicted octanol–water partition coefficient (Wildman–Crippen LogP) is 0.417. The van der Waals surface area contributed by atoms with Gasteiger partial charge in [0.25, 0.3) is 0 Å². The van der Waals surface area contributed by atoms with Gasteiger partial charge in [0.2, 0.25) is 17.6 Å². The summed E-state index contributed by atoms with van der Waals surface area (Å²) in [5.74, 6) is -7.57. The lowest BCUT2D eigenvalue weighted by Gasteiger charge is -2.67. The van der Waals surface area contributed by atoms with Crippen molar-refractivity contribution in [2.75, 3.05) is 13.7 Å². The molecular weight excluding hydrogens is 606 g/mol. The normalized spacial score (nSPS) is 39.6. The number of hydrogen-bond donors (Lipinski definition) is 3. The summed E-state index contributed by atoms with van der Waals surface area (Å²) in [5.41, 5.74) is -3.81. The molecule has 0 aromatic heterocycles. The fraction of sp³-hybridized carbons (Fsp3) is 0.688. The van der Waals surface area contributed by atoms with E-state index in [9.17, 15) is 39.0 Å². The molecule has 3 unspecified atom stereocenters. The fourth-order valence-corrected chi connectivity index (χ4v) is 9.18. The molecule has 0 aromatic rings. The topological polar surface area (TPSA) is 201 Å². The zero-order valence-corrected chi connectivity index (χ0v) is 26.9. The standard InChI is InChI=1S/C32H41NO13/c1-13(2)8-20(36)46-24-26-31-12-43-32(26,29(41)42-7)27(39)22(38)25(31)30(6)11-18(35)23(45-21(37)9-14(3)33-16(5)34)15(4)17(30)10-19(31)44-28(24)40/h8,14,17,19,22,24-27,38-39H,9-12H2,1-7H3,(H,33,34)/t14-,17?,19+,22+,24+,25?,26+,27-,30-,31?,32-/m0/s1. The van der Waals surface area contributed by atoms with Gasteiger partial charge in [0.05, 0.1) is 32.2 Å². The number of ketones is 1. The summed E-state index contributed by atoms with van der Waals surface area (Å²) in [5, 5.41) is 26.2. The van der Waals surface area contributed by atoms with Gasteiger partial charge in [-0.25, -0.2) is 14.4 Å². The smallest absolute Gasteiger partial charge is 0.348 e. The molecule has 2 aliphatic heterocycles. The van der Waals surface area contributed by atoms with Crippen LogP contribution in [0.25, 0.3) is 0 Å². The van der Waals surface area contributed by atoms with Gasteiger partial charge in [0, 0.05) is 36.8 Å². The van der Waals surface area contributed by atoms with Crippen molar-refractivity contribution in [2.24, 2.45) is 28.6 Å². The van der Waals surface area contributed by atoms with Crippen LogP contribution in [-0.4, -0.2) is 95.6 Å². The number of aliphatic hydroxyl groups excluding tert-OH is 2. The van der Waals surface area contributed by atoms with Gasteiger partial charge >= 0.3 is 23.9 Å². The summed E-state index contributed by atoms with van der Waals surface area (Å²) in [6.45, 7) is 9.36. The molecule has 2 saturated carbocycles. The summed E-state index contributed by atoms with van der Waals surface area (Å²) in [6.07, 6.45) is -5.48. The minimum Gasteiger partial charge on any atom is -0.467 e. The van der Waals surface area contributed by atoms with Crippen molar-refractivity contribution in [1.29, 1.82) is 0 Å². The first-order valence-corrected chi connectivity index (χ1v) is 15.3. The molecular formula is C32H41NO13. The Morgan fingerprint density at radius 2 is 1.80 bits per heavy atom. The minimum atomic E-state index is -2.28. The monoisotopic (exact) mass is 647 g/mol. The summed E-state index contributed by atoms with van der Waals surface area (Å²) in [6, 6.07) is -0.543. The Hall–Kier alpha value is -3.62. The first-order valence-electron chi connectivity index (χ1n) is 15.3. The van der Waals surface area contributed by atoms with Crippen molar-refractivity contribution in [3.8, 4) is 0 Å². The number of ether oxygens (including phenoxy) is 5. The van der Waals surface area contributed by atoms with E-state index < -0.39 is 94.3 Å². The molecule has 1 amide bonds. The highest BCUT2D eigenvalue weighted by molar-refractivity contribution is 5.98. The molecule has 0 aromatic carbocycles. The van der Waals surface area contributed by atoms with Crippen LogP contribution in [0.3, 0.4) is 0 Å². The average molecular weight is 648 g/mol. The van der Waals surface area contributed by atoms with Crippen LogP contribution < -0.4 is 5.32 Å². The van der Waals surface area contributed by atoms with E-state index in [-0.39, 0.29) is 37.5 Å². The number of hydrogen-bond acceptors (Lipinski definition) is 13. The quantitative estimate of drug-likeness (QED) is 0.195. The number of carbonyl (C=O) groups excluding carboxylic acids is 6. The zero-order valence-electron chi connectivity index (χ0n) is 26.9. The van der Waals surface area contributed by atoms with E-state index >= 15 is 0 Å². The molecule has 46 heavy (non-hydrogen) atoms. The van der Waals surface area contributed by atoms with Gasteiger partial charge in [0.1, 0.15) is 12.2 Å². The van der Waals surface area contributed by atoms with Crippen LogP contribution in [0.4, 0.5) is 0 Å². The SMILES string of the molecule is COC(=O)[C@@]12OCC34C([C@@H](O)[C@@H]1O)[C@@]1(C)CC(=O)C(OC(=O)C[C@H](C)NC(C)=O)=C(C)C1C[C@H]3OC(=O)[C@H](OC(=O)C=C(C)C)[C@H]42. The van der Waals surface area contributed by atoms with E-state index in [1.165, 1.54) is 13.0 Å². The molecule has 3 aliphatic carbocycles. The summed E-state index contributed by atoms with van der Waals surface area (Å²) >= 11 is 0. The summed E-state index contributed by atoms with van der Waals surface area (Å²) in [7, 11) is 1.07. The molecule has 2 bridgehead atoms. The third-order valence-corrected chi connectivity index (χ3v) is 10.6. The van der Waals surface area contributed by atoms with Gasteiger partial charge in [-0.2, -0.15) is 0 Å². The maximum Gasteiger partial charge on any atom is 0.348 e. The van der Waals surface area contributed by atoms with Crippen molar-refractivity contribution in [2.45, 2.75) is 96.9 Å². The van der Waals surface area contributed by atoms with Crippen LogP contribution in [0, 0.1) is 28.6 Å². The number of amides is 1. The lowest BCUT2D eigenvalue weighted by molar-refractivity contribution is -0.290. The third kappa shape index (κ3) is 4.79. The molecule has 5 aliphatic rings. The van der Waals surface area contributed by atoms with Crippen molar-refractivity contribution >= 4 is 35.6 Å². The molecule has 3 N–H and O–H groups in total. The van der Waals surface area contributed by atoms with Crippen LogP contribution in [0.1, 0.15) is 60.8 Å². The molecule has 252 valence electrons. The van der Waals surface area contributed by atoms with E-state index in [0.29, 0.717) is 11.1 Å². The second kappa shape index (κ2) is 11.6. The Labute approximate surface area is 265 Å². The number of methoxy groups -OCH3 is 1.